The fourth-order valence-electron chi connectivity index (χ4n) is 1.70. The molecule has 0 saturated heterocycles. The Labute approximate surface area is 105 Å². The maximum Gasteiger partial charge on any atom is 0.270 e. The summed E-state index contributed by atoms with van der Waals surface area (Å²) in [5, 5.41) is 20.6. The standard InChI is InChI=1S/C12H16ClNO3/c1-8(2)5-11(15)6-9-3-4-10(14(16)17)7-12(9)13/h3-4,7-8,11,15H,5-6H2,1-2H3. The van der Waals surface area contributed by atoms with Crippen molar-refractivity contribution in [2.24, 2.45) is 5.92 Å². The van der Waals surface area contributed by atoms with Crippen LogP contribution in [0.1, 0.15) is 25.8 Å². The topological polar surface area (TPSA) is 63.4 Å². The fraction of sp³-hybridized carbons (Fsp3) is 0.500. The summed E-state index contributed by atoms with van der Waals surface area (Å²) < 4.78 is 0. The Morgan fingerprint density at radius 1 is 1.47 bits per heavy atom. The molecule has 0 aliphatic rings. The highest BCUT2D eigenvalue weighted by Crippen LogP contribution is 2.24. The van der Waals surface area contributed by atoms with Gasteiger partial charge in [0.25, 0.3) is 5.69 Å². The molecule has 1 aromatic carbocycles. The molecular weight excluding hydrogens is 242 g/mol. The van der Waals surface area contributed by atoms with Crippen molar-refractivity contribution in [3.63, 3.8) is 0 Å². The van der Waals surface area contributed by atoms with Crippen LogP contribution < -0.4 is 0 Å². The number of hydrogen-bond donors (Lipinski definition) is 1. The SMILES string of the molecule is CC(C)CC(O)Cc1ccc([N+](=O)[O-])cc1Cl. The van der Waals surface area contributed by atoms with Crippen molar-refractivity contribution < 1.29 is 10.0 Å². The fourth-order valence-corrected chi connectivity index (χ4v) is 1.95. The third kappa shape index (κ3) is 4.32. The van der Waals surface area contributed by atoms with Gasteiger partial charge in [-0.15, -0.1) is 0 Å². The van der Waals surface area contributed by atoms with E-state index in [-0.39, 0.29) is 5.69 Å². The first-order valence-electron chi connectivity index (χ1n) is 5.51. The Morgan fingerprint density at radius 2 is 2.12 bits per heavy atom. The van der Waals surface area contributed by atoms with E-state index in [1.807, 2.05) is 13.8 Å². The summed E-state index contributed by atoms with van der Waals surface area (Å²) in [7, 11) is 0. The van der Waals surface area contributed by atoms with Crippen LogP contribution in [0.4, 0.5) is 5.69 Å². The first-order chi connectivity index (χ1) is 7.90. The Hall–Kier alpha value is -1.13. The summed E-state index contributed by atoms with van der Waals surface area (Å²) in [6.07, 6.45) is 0.649. The van der Waals surface area contributed by atoms with Crippen molar-refractivity contribution in [1.82, 2.24) is 0 Å². The molecule has 1 aromatic rings. The summed E-state index contributed by atoms with van der Waals surface area (Å²) in [6, 6.07) is 4.33. The summed E-state index contributed by atoms with van der Waals surface area (Å²) >= 11 is 5.94. The number of benzene rings is 1. The Kier molecular flexibility index (Phi) is 4.90. The molecule has 1 rings (SSSR count). The molecule has 0 spiro atoms. The van der Waals surface area contributed by atoms with Crippen LogP contribution in [0.5, 0.6) is 0 Å². The molecule has 0 bridgehead atoms. The molecule has 0 aliphatic heterocycles. The van der Waals surface area contributed by atoms with Gasteiger partial charge in [-0.2, -0.15) is 0 Å². The minimum atomic E-state index is -0.486. The molecule has 0 heterocycles. The van der Waals surface area contributed by atoms with Crippen LogP contribution in [0.25, 0.3) is 0 Å². The van der Waals surface area contributed by atoms with Gasteiger partial charge in [-0.3, -0.25) is 10.1 Å². The van der Waals surface area contributed by atoms with Crippen molar-refractivity contribution in [3.05, 3.63) is 38.9 Å². The zero-order valence-electron chi connectivity index (χ0n) is 9.89. The summed E-state index contributed by atoms with van der Waals surface area (Å²) in [6.45, 7) is 4.06. The predicted molar refractivity (Wildman–Crippen MR) is 67.3 cm³/mol. The molecule has 94 valence electrons. The van der Waals surface area contributed by atoms with Crippen LogP contribution in [0, 0.1) is 16.0 Å². The Morgan fingerprint density at radius 3 is 2.59 bits per heavy atom. The van der Waals surface area contributed by atoms with E-state index in [1.54, 1.807) is 6.07 Å². The predicted octanol–water partition coefficient (Wildman–Crippen LogP) is 3.20. The van der Waals surface area contributed by atoms with Gasteiger partial charge in [0.2, 0.25) is 0 Å². The molecule has 1 atom stereocenters. The Bertz CT molecular complexity index is 407. The van der Waals surface area contributed by atoms with Crippen LogP contribution in [0.3, 0.4) is 0 Å². The highest BCUT2D eigenvalue weighted by atomic mass is 35.5. The zero-order valence-corrected chi connectivity index (χ0v) is 10.6. The van der Waals surface area contributed by atoms with E-state index >= 15 is 0 Å². The van der Waals surface area contributed by atoms with E-state index in [1.165, 1.54) is 12.1 Å². The minimum absolute atomic E-state index is 0.0305. The van der Waals surface area contributed by atoms with Gasteiger partial charge in [-0.1, -0.05) is 31.5 Å². The van der Waals surface area contributed by atoms with Gasteiger partial charge in [-0.05, 0) is 24.3 Å². The monoisotopic (exact) mass is 257 g/mol. The molecule has 0 fully saturated rings. The third-order valence-corrected chi connectivity index (χ3v) is 2.80. The van der Waals surface area contributed by atoms with E-state index in [4.69, 9.17) is 11.6 Å². The number of rotatable bonds is 5. The maximum absolute atomic E-state index is 10.5. The van der Waals surface area contributed by atoms with Crippen molar-refractivity contribution >= 4 is 17.3 Å². The molecule has 0 radical (unpaired) electrons. The van der Waals surface area contributed by atoms with Gasteiger partial charge in [0.05, 0.1) is 16.0 Å². The number of non-ortho nitro benzene ring substituents is 1. The Balaban J connectivity index is 2.75. The van der Waals surface area contributed by atoms with E-state index in [0.29, 0.717) is 23.8 Å². The second-order valence-corrected chi connectivity index (χ2v) is 4.93. The van der Waals surface area contributed by atoms with Crippen LogP contribution in [-0.2, 0) is 6.42 Å². The molecule has 17 heavy (non-hydrogen) atoms. The number of aliphatic hydroxyl groups is 1. The average molecular weight is 258 g/mol. The molecule has 0 aromatic heterocycles. The molecule has 5 heteroatoms. The smallest absolute Gasteiger partial charge is 0.270 e. The quantitative estimate of drug-likeness (QED) is 0.651. The molecular formula is C12H16ClNO3. The lowest BCUT2D eigenvalue weighted by atomic mass is 9.99. The van der Waals surface area contributed by atoms with E-state index in [0.717, 1.165) is 5.56 Å². The number of aliphatic hydroxyl groups excluding tert-OH is 1. The summed E-state index contributed by atoms with van der Waals surface area (Å²) in [5.74, 6) is 0.404. The molecule has 0 aliphatic carbocycles. The largest absolute Gasteiger partial charge is 0.393 e. The molecule has 4 nitrogen and oxygen atoms in total. The van der Waals surface area contributed by atoms with E-state index in [2.05, 4.69) is 0 Å². The van der Waals surface area contributed by atoms with Crippen LogP contribution in [0.15, 0.2) is 18.2 Å². The van der Waals surface area contributed by atoms with Crippen molar-refractivity contribution in [2.75, 3.05) is 0 Å². The van der Waals surface area contributed by atoms with Crippen molar-refractivity contribution in [1.29, 1.82) is 0 Å². The van der Waals surface area contributed by atoms with Crippen molar-refractivity contribution in [3.8, 4) is 0 Å². The van der Waals surface area contributed by atoms with Crippen LogP contribution >= 0.6 is 11.6 Å². The lowest BCUT2D eigenvalue weighted by Crippen LogP contribution is -2.13. The summed E-state index contributed by atoms with van der Waals surface area (Å²) in [5.41, 5.74) is 0.711. The number of nitro groups is 1. The van der Waals surface area contributed by atoms with Gasteiger partial charge >= 0.3 is 0 Å². The number of halogens is 1. The number of nitrogens with zero attached hydrogens (tertiary/aromatic N) is 1. The van der Waals surface area contributed by atoms with Gasteiger partial charge < -0.3 is 5.11 Å². The highest BCUT2D eigenvalue weighted by molar-refractivity contribution is 6.31. The second-order valence-electron chi connectivity index (χ2n) is 4.52. The van der Waals surface area contributed by atoms with Crippen molar-refractivity contribution in [2.45, 2.75) is 32.8 Å². The minimum Gasteiger partial charge on any atom is -0.393 e. The third-order valence-electron chi connectivity index (χ3n) is 2.45. The van der Waals surface area contributed by atoms with Gasteiger partial charge in [-0.25, -0.2) is 0 Å². The molecule has 0 amide bonds. The molecule has 1 N–H and O–H groups in total. The molecule has 1 unspecified atom stereocenters. The van der Waals surface area contributed by atoms with Crippen LogP contribution in [-0.4, -0.2) is 16.1 Å². The number of hydrogen-bond acceptors (Lipinski definition) is 3. The lowest BCUT2D eigenvalue weighted by Gasteiger charge is -2.13. The van der Waals surface area contributed by atoms with E-state index < -0.39 is 11.0 Å². The highest BCUT2D eigenvalue weighted by Gasteiger charge is 2.13. The molecule has 0 saturated carbocycles. The number of nitro benzene ring substituents is 1. The summed E-state index contributed by atoms with van der Waals surface area (Å²) in [4.78, 5) is 10.0. The zero-order chi connectivity index (χ0) is 13.0. The van der Waals surface area contributed by atoms with Gasteiger partial charge in [0.1, 0.15) is 0 Å². The lowest BCUT2D eigenvalue weighted by molar-refractivity contribution is -0.384. The maximum atomic E-state index is 10.5. The first kappa shape index (κ1) is 13.9. The van der Waals surface area contributed by atoms with Gasteiger partial charge in [0.15, 0.2) is 0 Å². The second kappa shape index (κ2) is 5.98. The van der Waals surface area contributed by atoms with E-state index in [9.17, 15) is 15.2 Å². The van der Waals surface area contributed by atoms with Crippen LogP contribution in [0.2, 0.25) is 5.02 Å². The average Bonchev–Trinajstić information content (AvgIpc) is 2.19. The normalized spacial score (nSPS) is 12.8. The van der Waals surface area contributed by atoms with Gasteiger partial charge in [0, 0.05) is 12.1 Å². The first-order valence-corrected chi connectivity index (χ1v) is 5.88.